The minimum atomic E-state index is -3.32. The number of sulfonamides is 1. The molecule has 2 aliphatic heterocycles. The third-order valence-electron chi connectivity index (χ3n) is 7.72. The number of nitrogens with zero attached hydrogens (tertiary/aromatic N) is 4. The minimum absolute atomic E-state index is 0.00243. The Bertz CT molecular complexity index is 1350. The van der Waals surface area contributed by atoms with Gasteiger partial charge < -0.3 is 15.2 Å². The number of aliphatic hydroxyl groups is 1. The van der Waals surface area contributed by atoms with Crippen LogP contribution >= 0.6 is 0 Å². The molecule has 0 radical (unpaired) electrons. The molecule has 10 nitrogen and oxygen atoms in total. The fourth-order valence-corrected chi connectivity index (χ4v) is 7.11. The van der Waals surface area contributed by atoms with Crippen molar-refractivity contribution in [3.63, 3.8) is 0 Å². The van der Waals surface area contributed by atoms with Crippen LogP contribution in [0.2, 0.25) is 0 Å². The molecule has 4 heterocycles. The van der Waals surface area contributed by atoms with Crippen LogP contribution < -0.4 is 10.9 Å². The molecule has 0 amide bonds. The maximum atomic E-state index is 13.4. The van der Waals surface area contributed by atoms with E-state index >= 15 is 0 Å². The van der Waals surface area contributed by atoms with Gasteiger partial charge >= 0.3 is 0 Å². The Labute approximate surface area is 204 Å². The highest BCUT2D eigenvalue weighted by atomic mass is 32.2. The normalized spacial score (nSPS) is 26.5. The lowest BCUT2D eigenvalue weighted by molar-refractivity contribution is 0.0266. The van der Waals surface area contributed by atoms with E-state index in [9.17, 15) is 18.3 Å². The zero-order valence-corrected chi connectivity index (χ0v) is 20.8. The van der Waals surface area contributed by atoms with Crippen molar-refractivity contribution in [3.05, 3.63) is 27.7 Å². The first-order valence-electron chi connectivity index (χ1n) is 12.1. The van der Waals surface area contributed by atoms with Crippen LogP contribution in [0.3, 0.4) is 0 Å². The number of rotatable bonds is 5. The second kappa shape index (κ2) is 8.85. The number of hydrogen-bond donors (Lipinski definition) is 2. The number of aromatic nitrogens is 3. The van der Waals surface area contributed by atoms with E-state index < -0.39 is 26.9 Å². The van der Waals surface area contributed by atoms with Crippen molar-refractivity contribution < 1.29 is 18.3 Å². The van der Waals surface area contributed by atoms with Crippen LogP contribution in [-0.4, -0.2) is 75.6 Å². The zero-order valence-electron chi connectivity index (χ0n) is 20.0. The molecule has 2 aromatic rings. The summed E-state index contributed by atoms with van der Waals surface area (Å²) < 4.78 is 33.4. The Kier molecular flexibility index (Phi) is 6.12. The van der Waals surface area contributed by atoms with Crippen LogP contribution in [0.15, 0.2) is 11.0 Å². The predicted octanol–water partition coefficient (Wildman–Crippen LogP) is 1.16. The summed E-state index contributed by atoms with van der Waals surface area (Å²) in [6.45, 7) is 4.91. The topological polar surface area (TPSA) is 127 Å². The van der Waals surface area contributed by atoms with Crippen LogP contribution in [0.4, 0.5) is 5.95 Å². The van der Waals surface area contributed by atoms with Crippen molar-refractivity contribution in [1.82, 2.24) is 18.8 Å². The van der Waals surface area contributed by atoms with Gasteiger partial charge in [-0.05, 0) is 51.5 Å². The largest absolute Gasteiger partial charge is 0.388 e. The molecule has 3 fully saturated rings. The van der Waals surface area contributed by atoms with Gasteiger partial charge in [-0.2, -0.15) is 4.98 Å². The summed E-state index contributed by atoms with van der Waals surface area (Å²) in [5.41, 5.74) is -0.0180. The number of ether oxygens (including phenoxy) is 1. The Balaban J connectivity index is 1.43. The summed E-state index contributed by atoms with van der Waals surface area (Å²) in [4.78, 5) is 22.6. The molecule has 1 aliphatic carbocycles. The standard InChI is InChI=1S/C24H31N5O5S/c1-4-18-15(2)19-12-25-23(27-21(19)29(22(18)30)20-6-5-9-24(20,3)31)26-16-7-10-28(11-8-16)35(32,33)17-13-34-14-17/h1,12,16-17,20,31H,5-11,13-14H2,2-3H3,(H,25,26,27)/t20-,24-/m1/s1. The molecule has 35 heavy (non-hydrogen) atoms. The lowest BCUT2D eigenvalue weighted by Crippen LogP contribution is -2.52. The third kappa shape index (κ3) is 4.12. The van der Waals surface area contributed by atoms with Crippen molar-refractivity contribution in [3.8, 4) is 12.3 Å². The van der Waals surface area contributed by atoms with E-state index in [-0.39, 0.29) is 30.4 Å². The Morgan fingerprint density at radius 2 is 2.00 bits per heavy atom. The molecule has 3 aliphatic rings. The number of hydrogen-bond acceptors (Lipinski definition) is 8. The number of terminal acetylenes is 1. The average molecular weight is 502 g/mol. The number of nitrogens with one attached hydrogen (secondary N) is 1. The van der Waals surface area contributed by atoms with Gasteiger partial charge in [-0.1, -0.05) is 5.92 Å². The molecule has 0 bridgehead atoms. The van der Waals surface area contributed by atoms with E-state index in [1.54, 1.807) is 28.9 Å². The summed E-state index contributed by atoms with van der Waals surface area (Å²) in [7, 11) is -3.32. The third-order valence-corrected chi connectivity index (χ3v) is 9.92. The van der Waals surface area contributed by atoms with Gasteiger partial charge in [-0.3, -0.25) is 9.36 Å². The maximum absolute atomic E-state index is 13.4. The van der Waals surface area contributed by atoms with Crippen LogP contribution in [-0.2, 0) is 14.8 Å². The molecule has 188 valence electrons. The fourth-order valence-electron chi connectivity index (χ4n) is 5.43. The van der Waals surface area contributed by atoms with Crippen LogP contribution in [0.5, 0.6) is 0 Å². The Morgan fingerprint density at radius 1 is 1.29 bits per heavy atom. The van der Waals surface area contributed by atoms with Gasteiger partial charge in [0.25, 0.3) is 5.56 Å². The first-order chi connectivity index (χ1) is 16.6. The van der Waals surface area contributed by atoms with E-state index in [2.05, 4.69) is 16.2 Å². The smallest absolute Gasteiger partial charge is 0.268 e. The Hall–Kier alpha value is -2.52. The van der Waals surface area contributed by atoms with Crippen LogP contribution in [0, 0.1) is 19.3 Å². The van der Waals surface area contributed by atoms with Gasteiger partial charge in [-0.25, -0.2) is 17.7 Å². The molecule has 0 spiro atoms. The van der Waals surface area contributed by atoms with Gasteiger partial charge in [0.15, 0.2) is 0 Å². The van der Waals surface area contributed by atoms with E-state index in [1.165, 1.54) is 0 Å². The van der Waals surface area contributed by atoms with E-state index in [1.807, 2.05) is 0 Å². The monoisotopic (exact) mass is 501 g/mol. The molecule has 2 aromatic heterocycles. The van der Waals surface area contributed by atoms with Gasteiger partial charge in [-0.15, -0.1) is 6.42 Å². The molecular weight excluding hydrogens is 470 g/mol. The highest BCUT2D eigenvalue weighted by Gasteiger charge is 2.41. The summed E-state index contributed by atoms with van der Waals surface area (Å²) in [6, 6.07) is -0.436. The number of pyridine rings is 1. The molecule has 1 saturated carbocycles. The lowest BCUT2D eigenvalue weighted by atomic mass is 9.98. The van der Waals surface area contributed by atoms with Crippen molar-refractivity contribution in [2.45, 2.75) is 68.9 Å². The quantitative estimate of drug-likeness (QED) is 0.585. The summed E-state index contributed by atoms with van der Waals surface area (Å²) >= 11 is 0. The van der Waals surface area contributed by atoms with Gasteiger partial charge in [0.05, 0.1) is 30.4 Å². The molecule has 0 unspecified atom stereocenters. The molecular formula is C24H31N5O5S. The summed E-state index contributed by atoms with van der Waals surface area (Å²) in [5, 5.41) is 14.5. The zero-order chi connectivity index (χ0) is 25.0. The minimum Gasteiger partial charge on any atom is -0.388 e. The van der Waals surface area contributed by atoms with Crippen molar-refractivity contribution in [2.75, 3.05) is 31.6 Å². The van der Waals surface area contributed by atoms with E-state index in [0.29, 0.717) is 61.3 Å². The highest BCUT2D eigenvalue weighted by Crippen LogP contribution is 2.40. The summed E-state index contributed by atoms with van der Waals surface area (Å²) in [5.74, 6) is 2.88. The first kappa shape index (κ1) is 24.2. The number of fused-ring (bicyclic) bond motifs is 1. The van der Waals surface area contributed by atoms with Crippen molar-refractivity contribution in [1.29, 1.82) is 0 Å². The highest BCUT2D eigenvalue weighted by molar-refractivity contribution is 7.89. The molecule has 2 saturated heterocycles. The molecule has 0 aromatic carbocycles. The molecule has 11 heteroatoms. The predicted molar refractivity (Wildman–Crippen MR) is 132 cm³/mol. The van der Waals surface area contributed by atoms with Gasteiger partial charge in [0.2, 0.25) is 16.0 Å². The van der Waals surface area contributed by atoms with Gasteiger partial charge in [0, 0.05) is 30.7 Å². The fraction of sp³-hybridized carbons (Fsp3) is 0.625. The average Bonchev–Trinajstić information content (AvgIpc) is 3.11. The van der Waals surface area contributed by atoms with Crippen LogP contribution in [0.1, 0.15) is 56.2 Å². The van der Waals surface area contributed by atoms with Crippen molar-refractivity contribution >= 4 is 27.0 Å². The number of anilines is 1. The van der Waals surface area contributed by atoms with E-state index in [4.69, 9.17) is 16.1 Å². The number of piperidine rings is 1. The maximum Gasteiger partial charge on any atom is 0.268 e. The van der Waals surface area contributed by atoms with Crippen LogP contribution in [0.25, 0.3) is 11.0 Å². The lowest BCUT2D eigenvalue weighted by Gasteiger charge is -2.36. The van der Waals surface area contributed by atoms with E-state index in [0.717, 1.165) is 6.42 Å². The second-order valence-electron chi connectivity index (χ2n) is 10.0. The molecule has 2 N–H and O–H groups in total. The second-order valence-corrected chi connectivity index (χ2v) is 12.3. The van der Waals surface area contributed by atoms with Crippen molar-refractivity contribution in [2.24, 2.45) is 0 Å². The Morgan fingerprint density at radius 3 is 2.57 bits per heavy atom. The molecule has 5 rings (SSSR count). The SMILES string of the molecule is C#Cc1c(C)c2cnc(NC3CCN(S(=O)(=O)C4COC4)CC3)nc2n([C@@H]2CCC[C@@]2(C)O)c1=O. The van der Waals surface area contributed by atoms with Gasteiger partial charge in [0.1, 0.15) is 10.9 Å². The number of aryl methyl sites for hydroxylation is 1. The first-order valence-corrected chi connectivity index (χ1v) is 13.6. The summed E-state index contributed by atoms with van der Waals surface area (Å²) in [6.07, 6.45) is 10.6. The molecule has 2 atom stereocenters.